The van der Waals surface area contributed by atoms with E-state index in [2.05, 4.69) is 55.5 Å². The molecule has 1 saturated carbocycles. The van der Waals surface area contributed by atoms with Crippen LogP contribution in [0.1, 0.15) is 57.4 Å². The zero-order chi connectivity index (χ0) is 28.8. The highest BCUT2D eigenvalue weighted by Gasteiger charge is 2.29. The number of aliphatic hydroxyl groups is 2. The highest BCUT2D eigenvalue weighted by atomic mass is 35.5. The smallest absolute Gasteiger partial charge is 0.124 e. The summed E-state index contributed by atoms with van der Waals surface area (Å²) in [7, 11) is 3.16. The molecule has 38 heavy (non-hydrogen) atoms. The molecule has 0 unspecified atom stereocenters. The highest BCUT2D eigenvalue weighted by Crippen LogP contribution is 2.45. The Morgan fingerprint density at radius 3 is 2.08 bits per heavy atom. The van der Waals surface area contributed by atoms with Crippen molar-refractivity contribution in [2.24, 2.45) is 5.92 Å². The van der Waals surface area contributed by atoms with Gasteiger partial charge in [0.2, 0.25) is 0 Å². The Balaban J connectivity index is 0.000000353. The lowest BCUT2D eigenvalue weighted by Gasteiger charge is -2.36. The second kappa shape index (κ2) is 13.4. The molecular formula is C31H43ClN2O4. The van der Waals surface area contributed by atoms with E-state index in [4.69, 9.17) is 21.8 Å². The van der Waals surface area contributed by atoms with Crippen molar-refractivity contribution in [1.29, 1.82) is 0 Å². The number of aryl methyl sites for hydroxylation is 1. The molecule has 3 aromatic rings. The summed E-state index contributed by atoms with van der Waals surface area (Å²) in [6.07, 6.45) is 4.74. The zero-order valence-corrected chi connectivity index (χ0v) is 24.8. The molecule has 0 bridgehead atoms. The normalized spacial score (nSPS) is 15.9. The molecule has 0 amide bonds. The van der Waals surface area contributed by atoms with E-state index < -0.39 is 5.60 Å². The molecule has 0 radical (unpaired) electrons. The average Bonchev–Trinajstić information content (AvgIpc) is 3.65. The number of hydrogen-bond donors (Lipinski definition) is 2. The van der Waals surface area contributed by atoms with E-state index in [0.717, 1.165) is 60.8 Å². The van der Waals surface area contributed by atoms with E-state index in [9.17, 15) is 9.59 Å². The Hall–Kier alpha value is -2.67. The van der Waals surface area contributed by atoms with Gasteiger partial charge in [-0.05, 0) is 94.8 Å². The van der Waals surface area contributed by atoms with Gasteiger partial charge < -0.3 is 29.3 Å². The van der Waals surface area contributed by atoms with Crippen LogP contribution in [0.4, 0.5) is 5.69 Å². The quantitative estimate of drug-likeness (QED) is 0.387. The van der Waals surface area contributed by atoms with Crippen LogP contribution in [0.2, 0.25) is 5.02 Å². The number of halogens is 1. The molecule has 2 aliphatic rings. The van der Waals surface area contributed by atoms with Crippen molar-refractivity contribution in [2.45, 2.75) is 79.0 Å². The minimum atomic E-state index is -0.500. The van der Waals surface area contributed by atoms with Gasteiger partial charge in [0.05, 0.1) is 16.8 Å². The Morgan fingerprint density at radius 2 is 1.63 bits per heavy atom. The largest absolute Gasteiger partial charge is 0.400 e. The molecule has 6 nitrogen and oxygen atoms in total. The third-order valence-electron chi connectivity index (χ3n) is 6.60. The van der Waals surface area contributed by atoms with E-state index in [1.54, 1.807) is 20.8 Å². The second-order valence-electron chi connectivity index (χ2n) is 11.0. The summed E-state index contributed by atoms with van der Waals surface area (Å²) in [6.45, 7) is 12.8. The monoisotopic (exact) mass is 542 g/mol. The van der Waals surface area contributed by atoms with Crippen molar-refractivity contribution in [3.8, 4) is 11.1 Å². The van der Waals surface area contributed by atoms with E-state index in [1.165, 1.54) is 27.8 Å². The summed E-state index contributed by atoms with van der Waals surface area (Å²) in [5.41, 5.74) is 7.88. The van der Waals surface area contributed by atoms with Gasteiger partial charge in [-0.25, -0.2) is 0 Å². The van der Waals surface area contributed by atoms with Crippen LogP contribution in [0.5, 0.6) is 0 Å². The standard InChI is InChI=1S/C22H23ClN2O.C4H6O.C4H10O.CH4O/c1-13-11-19-20(16-5-7-17(23)8-6-16)18(9-10-26)15(3)21-22(19)25(13)12-14(2)24(21)4;5-3-4-1-2-4;1-4(2,3)5;1-2/h5-8,10-11,14H,9,12H2,1-4H3;3-4H,1-2H2;5H,1-3H3;2H,1H3/t14-;;;/m0.../s1. The summed E-state index contributed by atoms with van der Waals surface area (Å²) >= 11 is 6.10. The van der Waals surface area contributed by atoms with Crippen LogP contribution < -0.4 is 4.90 Å². The predicted octanol–water partition coefficient (Wildman–Crippen LogP) is 6.14. The van der Waals surface area contributed by atoms with Gasteiger partial charge in [0.25, 0.3) is 0 Å². The number of likely N-dealkylation sites (N-methyl/N-ethyl adjacent to an activating group) is 1. The maximum Gasteiger partial charge on any atom is 0.124 e. The maximum absolute atomic E-state index is 11.5. The topological polar surface area (TPSA) is 82.8 Å². The SMILES string of the molecule is CC(C)(C)O.CO.Cc1c(CC=O)c(-c2ccc(Cl)cc2)c2cc(C)n3c2c1N(C)[C@@H](C)C3.O=CC1CC1. The van der Waals surface area contributed by atoms with Crippen LogP contribution in [0.25, 0.3) is 22.0 Å². The molecule has 2 heterocycles. The van der Waals surface area contributed by atoms with Gasteiger partial charge in [-0.1, -0.05) is 23.7 Å². The summed E-state index contributed by atoms with van der Waals surface area (Å²) < 4.78 is 2.42. The van der Waals surface area contributed by atoms with Crippen LogP contribution in [-0.4, -0.2) is 53.2 Å². The molecule has 1 atom stereocenters. The van der Waals surface area contributed by atoms with Crippen LogP contribution >= 0.6 is 11.6 Å². The van der Waals surface area contributed by atoms with Crippen molar-refractivity contribution >= 4 is 40.8 Å². The van der Waals surface area contributed by atoms with Gasteiger partial charge in [0, 0.05) is 55.2 Å². The molecule has 5 rings (SSSR count). The highest BCUT2D eigenvalue weighted by molar-refractivity contribution is 6.30. The molecular weight excluding hydrogens is 500 g/mol. The lowest BCUT2D eigenvalue weighted by Crippen LogP contribution is -2.37. The molecule has 2 aromatic carbocycles. The Labute approximate surface area is 232 Å². The number of nitrogens with zero attached hydrogens (tertiary/aromatic N) is 2. The molecule has 1 aliphatic carbocycles. The Bertz CT molecular complexity index is 1230. The number of carbonyl (C=O) groups excluding carboxylic acids is 2. The van der Waals surface area contributed by atoms with Gasteiger partial charge in [0.1, 0.15) is 12.6 Å². The summed E-state index contributed by atoms with van der Waals surface area (Å²) in [5.74, 6) is 0.454. The lowest BCUT2D eigenvalue weighted by molar-refractivity contribution is -0.109. The first-order valence-corrected chi connectivity index (χ1v) is 13.4. The number of aromatic nitrogens is 1. The Morgan fingerprint density at radius 1 is 1.08 bits per heavy atom. The number of aldehydes is 2. The van der Waals surface area contributed by atoms with Crippen LogP contribution in [0.3, 0.4) is 0 Å². The summed E-state index contributed by atoms with van der Waals surface area (Å²) in [5, 5.41) is 17.5. The first kappa shape index (κ1) is 31.5. The number of rotatable bonds is 4. The fourth-order valence-electron chi connectivity index (χ4n) is 4.58. The van der Waals surface area contributed by atoms with Crippen molar-refractivity contribution in [3.05, 3.63) is 52.2 Å². The van der Waals surface area contributed by atoms with Gasteiger partial charge in [-0.3, -0.25) is 0 Å². The fraction of sp³-hybridized carbons (Fsp3) is 0.484. The van der Waals surface area contributed by atoms with Crippen molar-refractivity contribution in [1.82, 2.24) is 4.57 Å². The first-order valence-electron chi connectivity index (χ1n) is 13.1. The minimum absolute atomic E-state index is 0.416. The Kier molecular flexibility index (Phi) is 11.1. The van der Waals surface area contributed by atoms with Gasteiger partial charge in [0.15, 0.2) is 0 Å². The number of aliphatic hydroxyl groups excluding tert-OH is 1. The molecule has 1 aliphatic heterocycles. The molecule has 208 valence electrons. The molecule has 1 aromatic heterocycles. The molecule has 7 heteroatoms. The fourth-order valence-corrected chi connectivity index (χ4v) is 4.71. The third-order valence-corrected chi connectivity index (χ3v) is 6.85. The van der Waals surface area contributed by atoms with E-state index >= 15 is 0 Å². The third kappa shape index (κ3) is 7.68. The lowest BCUT2D eigenvalue weighted by atomic mass is 9.88. The van der Waals surface area contributed by atoms with Gasteiger partial charge in [-0.15, -0.1) is 0 Å². The van der Waals surface area contributed by atoms with Crippen molar-refractivity contribution in [3.63, 3.8) is 0 Å². The number of hydrogen-bond acceptors (Lipinski definition) is 5. The number of carbonyl (C=O) groups is 2. The predicted molar refractivity (Wildman–Crippen MR) is 158 cm³/mol. The number of anilines is 1. The maximum atomic E-state index is 11.5. The van der Waals surface area contributed by atoms with Gasteiger partial charge in [-0.2, -0.15) is 0 Å². The molecule has 0 spiro atoms. The number of benzene rings is 2. The van der Waals surface area contributed by atoms with E-state index in [-0.39, 0.29) is 0 Å². The minimum Gasteiger partial charge on any atom is -0.400 e. The van der Waals surface area contributed by atoms with Crippen molar-refractivity contribution < 1.29 is 19.8 Å². The molecule has 1 fully saturated rings. The van der Waals surface area contributed by atoms with E-state index in [0.29, 0.717) is 18.4 Å². The summed E-state index contributed by atoms with van der Waals surface area (Å²) in [6, 6.07) is 10.6. The van der Waals surface area contributed by atoms with Gasteiger partial charge >= 0.3 is 0 Å². The van der Waals surface area contributed by atoms with Crippen LogP contribution in [0, 0.1) is 19.8 Å². The van der Waals surface area contributed by atoms with Crippen LogP contribution in [0.15, 0.2) is 30.3 Å². The molecule has 2 N–H and O–H groups in total. The zero-order valence-electron chi connectivity index (χ0n) is 24.0. The first-order chi connectivity index (χ1) is 17.9. The summed E-state index contributed by atoms with van der Waals surface area (Å²) in [4.78, 5) is 23.4. The molecule has 0 saturated heterocycles. The second-order valence-corrected chi connectivity index (χ2v) is 11.4. The average molecular weight is 543 g/mol. The van der Waals surface area contributed by atoms with Crippen molar-refractivity contribution in [2.75, 3.05) is 19.1 Å². The van der Waals surface area contributed by atoms with Crippen LogP contribution in [-0.2, 0) is 22.6 Å². The van der Waals surface area contributed by atoms with E-state index in [1.807, 2.05) is 12.1 Å².